The van der Waals surface area contributed by atoms with Gasteiger partial charge in [-0.15, -0.1) is 0 Å². The van der Waals surface area contributed by atoms with E-state index in [9.17, 15) is 13.2 Å². The molecule has 0 fully saturated rings. The summed E-state index contributed by atoms with van der Waals surface area (Å²) in [5.41, 5.74) is 0.467. The number of hydrogen-bond donors (Lipinski definition) is 0. The van der Waals surface area contributed by atoms with E-state index in [0.717, 1.165) is 10.2 Å². The van der Waals surface area contributed by atoms with Crippen LogP contribution in [0.15, 0.2) is 59.4 Å². The van der Waals surface area contributed by atoms with Crippen LogP contribution in [-0.4, -0.2) is 23.6 Å². The fraction of sp³-hybridized carbons (Fsp3) is 0.0667. The van der Waals surface area contributed by atoms with Crippen LogP contribution in [0.2, 0.25) is 0 Å². The molecule has 3 aromatic rings. The van der Waals surface area contributed by atoms with Crippen molar-refractivity contribution in [1.82, 2.24) is 8.96 Å². The zero-order valence-electron chi connectivity index (χ0n) is 11.2. The normalized spacial score (nSPS) is 11.7. The molecule has 5 nitrogen and oxygen atoms in total. The Morgan fingerprint density at radius 1 is 0.952 bits per heavy atom. The monoisotopic (exact) mass is 300 g/mol. The van der Waals surface area contributed by atoms with Gasteiger partial charge in [0.25, 0.3) is 5.56 Å². The van der Waals surface area contributed by atoms with Gasteiger partial charge in [0, 0.05) is 5.56 Å². The molecule has 0 N–H and O–H groups in total. The first-order chi connectivity index (χ1) is 9.98. The van der Waals surface area contributed by atoms with Crippen LogP contribution >= 0.6 is 0 Å². The second kappa shape index (κ2) is 4.82. The maximum Gasteiger partial charge on any atom is 0.281 e. The quantitative estimate of drug-likeness (QED) is 0.724. The molecule has 0 aliphatic heterocycles. The number of para-hydroxylation sites is 1. The van der Waals surface area contributed by atoms with Crippen LogP contribution in [0, 0.1) is 0 Å². The van der Waals surface area contributed by atoms with Gasteiger partial charge in [0.15, 0.2) is 5.82 Å². The number of benzene rings is 2. The predicted octanol–water partition coefficient (Wildman–Crippen LogP) is 1.87. The third-order valence-corrected chi connectivity index (χ3v) is 4.15. The number of hydrogen-bond acceptors (Lipinski definition) is 4. The highest BCUT2D eigenvalue weighted by atomic mass is 32.2. The fourth-order valence-corrected chi connectivity index (χ4v) is 3.23. The Morgan fingerprint density at radius 3 is 2.24 bits per heavy atom. The molecular weight excluding hydrogens is 288 g/mol. The summed E-state index contributed by atoms with van der Waals surface area (Å²) in [6, 6.07) is 15.3. The van der Waals surface area contributed by atoms with Crippen LogP contribution in [0.4, 0.5) is 0 Å². The smallest absolute Gasteiger partial charge is 0.267 e. The van der Waals surface area contributed by atoms with Gasteiger partial charge in [0.05, 0.1) is 17.2 Å². The van der Waals surface area contributed by atoms with Crippen molar-refractivity contribution in [2.24, 2.45) is 0 Å². The van der Waals surface area contributed by atoms with Gasteiger partial charge >= 0.3 is 0 Å². The van der Waals surface area contributed by atoms with Gasteiger partial charge in [0.1, 0.15) is 0 Å². The predicted molar refractivity (Wildman–Crippen MR) is 81.7 cm³/mol. The Labute approximate surface area is 121 Å². The van der Waals surface area contributed by atoms with Crippen molar-refractivity contribution in [3.05, 3.63) is 65.0 Å². The van der Waals surface area contributed by atoms with Gasteiger partial charge in [-0.3, -0.25) is 4.79 Å². The zero-order chi connectivity index (χ0) is 15.0. The van der Waals surface area contributed by atoms with Gasteiger partial charge < -0.3 is 0 Å². The molecule has 0 aliphatic carbocycles. The molecular formula is C15H12N2O3S. The first-order valence-corrected chi connectivity index (χ1v) is 8.11. The van der Waals surface area contributed by atoms with E-state index >= 15 is 0 Å². The Hall–Kier alpha value is -2.47. The third-order valence-electron chi connectivity index (χ3n) is 3.12. The maximum atomic E-state index is 12.2. The van der Waals surface area contributed by atoms with E-state index in [1.807, 2.05) is 6.07 Å². The van der Waals surface area contributed by atoms with Crippen LogP contribution in [0.5, 0.6) is 0 Å². The minimum Gasteiger partial charge on any atom is -0.267 e. The molecule has 0 atom stereocenters. The summed E-state index contributed by atoms with van der Waals surface area (Å²) in [5, 5.41) is 0.280. The van der Waals surface area contributed by atoms with E-state index in [4.69, 9.17) is 0 Å². The fourth-order valence-electron chi connectivity index (χ4n) is 2.25. The highest BCUT2D eigenvalue weighted by Gasteiger charge is 2.18. The molecule has 0 saturated carbocycles. The van der Waals surface area contributed by atoms with Crippen LogP contribution in [-0.2, 0) is 10.0 Å². The lowest BCUT2D eigenvalue weighted by Gasteiger charge is -2.13. The minimum atomic E-state index is -3.61. The molecule has 1 aromatic heterocycles. The molecule has 0 spiro atoms. The van der Waals surface area contributed by atoms with Crippen LogP contribution < -0.4 is 5.56 Å². The topological polar surface area (TPSA) is 69.0 Å². The van der Waals surface area contributed by atoms with E-state index in [-0.39, 0.29) is 11.2 Å². The van der Waals surface area contributed by atoms with E-state index < -0.39 is 15.6 Å². The highest BCUT2D eigenvalue weighted by Crippen LogP contribution is 2.21. The molecule has 0 bridgehead atoms. The molecule has 6 heteroatoms. The Bertz CT molecular complexity index is 977. The molecule has 106 valence electrons. The SMILES string of the molecule is CS(=O)(=O)n1c(-c2ccccc2)nc(=O)c2ccccc21. The molecule has 0 aliphatic rings. The molecule has 3 rings (SSSR count). The third kappa shape index (κ3) is 2.34. The number of fused-ring (bicyclic) bond motifs is 1. The van der Waals surface area contributed by atoms with Crippen LogP contribution in [0.3, 0.4) is 0 Å². The molecule has 0 amide bonds. The summed E-state index contributed by atoms with van der Waals surface area (Å²) in [7, 11) is -3.61. The van der Waals surface area contributed by atoms with Crippen molar-refractivity contribution in [3.63, 3.8) is 0 Å². The lowest BCUT2D eigenvalue weighted by molar-refractivity contribution is 0.594. The molecule has 1 heterocycles. The van der Waals surface area contributed by atoms with Crippen molar-refractivity contribution in [2.45, 2.75) is 0 Å². The molecule has 0 unspecified atom stereocenters. The van der Waals surface area contributed by atoms with E-state index in [2.05, 4.69) is 4.98 Å². The first kappa shape index (κ1) is 13.5. The van der Waals surface area contributed by atoms with Gasteiger partial charge in [-0.25, -0.2) is 12.4 Å². The number of rotatable bonds is 2. The summed E-state index contributed by atoms with van der Waals surface area (Å²) in [5.74, 6) is 0.127. The minimum absolute atomic E-state index is 0.127. The van der Waals surface area contributed by atoms with Gasteiger partial charge in [0.2, 0.25) is 10.0 Å². The summed E-state index contributed by atoms with van der Waals surface area (Å²) in [6.45, 7) is 0. The summed E-state index contributed by atoms with van der Waals surface area (Å²) in [4.78, 5) is 16.1. The molecule has 0 radical (unpaired) electrons. The average molecular weight is 300 g/mol. The van der Waals surface area contributed by atoms with Gasteiger partial charge in [-0.1, -0.05) is 42.5 Å². The van der Waals surface area contributed by atoms with Crippen molar-refractivity contribution >= 4 is 20.9 Å². The standard InChI is InChI=1S/C15H12N2O3S/c1-21(19,20)17-13-10-6-5-9-12(13)15(18)16-14(17)11-7-3-2-4-8-11/h2-10H,1H3. The second-order valence-corrected chi connectivity index (χ2v) is 6.48. The van der Waals surface area contributed by atoms with E-state index in [1.54, 1.807) is 48.5 Å². The summed E-state index contributed by atoms with van der Waals surface area (Å²) in [6.07, 6.45) is 1.10. The lowest BCUT2D eigenvalue weighted by Crippen LogP contribution is -2.21. The first-order valence-electron chi connectivity index (χ1n) is 6.26. The number of nitrogens with zero attached hydrogens (tertiary/aromatic N) is 2. The Morgan fingerprint density at radius 2 is 1.57 bits per heavy atom. The Balaban J connectivity index is 2.54. The van der Waals surface area contributed by atoms with Crippen molar-refractivity contribution in [1.29, 1.82) is 0 Å². The van der Waals surface area contributed by atoms with E-state index in [0.29, 0.717) is 11.1 Å². The van der Waals surface area contributed by atoms with Crippen LogP contribution in [0.25, 0.3) is 22.3 Å². The second-order valence-electron chi connectivity index (χ2n) is 4.65. The van der Waals surface area contributed by atoms with E-state index in [1.165, 1.54) is 0 Å². The molecule has 0 saturated heterocycles. The molecule has 2 aromatic carbocycles. The van der Waals surface area contributed by atoms with Crippen molar-refractivity contribution in [3.8, 4) is 11.4 Å². The van der Waals surface area contributed by atoms with Crippen molar-refractivity contribution < 1.29 is 8.42 Å². The maximum absolute atomic E-state index is 12.2. The largest absolute Gasteiger partial charge is 0.281 e. The van der Waals surface area contributed by atoms with Crippen molar-refractivity contribution in [2.75, 3.05) is 6.26 Å². The van der Waals surface area contributed by atoms with Crippen LogP contribution in [0.1, 0.15) is 0 Å². The van der Waals surface area contributed by atoms with Gasteiger partial charge in [-0.2, -0.15) is 4.98 Å². The Kier molecular flexibility index (Phi) is 3.10. The lowest BCUT2D eigenvalue weighted by atomic mass is 10.2. The average Bonchev–Trinajstić information content (AvgIpc) is 2.47. The summed E-state index contributed by atoms with van der Waals surface area (Å²) < 4.78 is 25.5. The van der Waals surface area contributed by atoms with Gasteiger partial charge in [-0.05, 0) is 12.1 Å². The molecule has 21 heavy (non-hydrogen) atoms. The zero-order valence-corrected chi connectivity index (χ0v) is 12.0. The summed E-state index contributed by atoms with van der Waals surface area (Å²) >= 11 is 0. The highest BCUT2D eigenvalue weighted by molar-refractivity contribution is 7.89. The number of aromatic nitrogens is 2.